The first kappa shape index (κ1) is 22.8. The maximum atomic E-state index is 9.68. The smallest absolute Gasteiger partial charge is 0.143 e. The minimum Gasteiger partial charge on any atom is -0.455 e. The normalized spacial score (nSPS) is 11.5. The van der Waals surface area contributed by atoms with E-state index in [0.29, 0.717) is 5.56 Å². The van der Waals surface area contributed by atoms with Crippen molar-refractivity contribution in [2.24, 2.45) is 0 Å². The van der Waals surface area contributed by atoms with Gasteiger partial charge < -0.3 is 4.42 Å². The van der Waals surface area contributed by atoms with Crippen LogP contribution in [0.15, 0.2) is 132 Å². The molecule has 0 fully saturated rings. The number of furan rings is 1. The molecule has 0 aliphatic rings. The topological polar surface area (TPSA) is 36.9 Å². The summed E-state index contributed by atoms with van der Waals surface area (Å²) in [4.78, 5) is 0. The predicted molar refractivity (Wildman–Crippen MR) is 168 cm³/mol. The van der Waals surface area contributed by atoms with E-state index in [9.17, 15) is 5.26 Å². The molecule has 0 saturated carbocycles. The average molecular weight is 528 g/mol. The Kier molecular flexibility index (Phi) is 5.10. The first-order valence-corrected chi connectivity index (χ1v) is 14.1. The fourth-order valence-corrected chi connectivity index (χ4v) is 7.05. The third-order valence-electron chi connectivity index (χ3n) is 7.73. The SMILES string of the molecule is N#Cc1cccc(-c2cc(-c3cccc4sc5ccccc5c34)ccc2-c2cccc3c2oc2ccccc23)c1. The lowest BCUT2D eigenvalue weighted by molar-refractivity contribution is 0.670. The number of fused-ring (bicyclic) bond motifs is 6. The van der Waals surface area contributed by atoms with Gasteiger partial charge in [0.1, 0.15) is 11.2 Å². The van der Waals surface area contributed by atoms with E-state index in [2.05, 4.69) is 97.1 Å². The second-order valence-electron chi connectivity index (χ2n) is 10.0. The van der Waals surface area contributed by atoms with Gasteiger partial charge in [-0.1, -0.05) is 91.0 Å². The van der Waals surface area contributed by atoms with Gasteiger partial charge in [0, 0.05) is 36.5 Å². The number of nitrogens with zero attached hydrogens (tertiary/aromatic N) is 1. The highest BCUT2D eigenvalue weighted by Crippen LogP contribution is 2.44. The Labute approximate surface area is 235 Å². The van der Waals surface area contributed by atoms with Crippen molar-refractivity contribution >= 4 is 53.4 Å². The zero-order valence-corrected chi connectivity index (χ0v) is 22.2. The van der Waals surface area contributed by atoms with Crippen LogP contribution in [0.4, 0.5) is 0 Å². The lowest BCUT2D eigenvalue weighted by atomic mass is 9.89. The molecule has 3 heteroatoms. The van der Waals surface area contributed by atoms with E-state index >= 15 is 0 Å². The molecule has 0 radical (unpaired) electrons. The largest absolute Gasteiger partial charge is 0.455 e. The molecule has 0 aliphatic carbocycles. The second-order valence-corrected chi connectivity index (χ2v) is 11.1. The molecule has 0 spiro atoms. The van der Waals surface area contributed by atoms with E-state index in [0.717, 1.165) is 49.8 Å². The molecule has 0 amide bonds. The molecule has 0 N–H and O–H groups in total. The van der Waals surface area contributed by atoms with E-state index in [1.165, 1.54) is 25.7 Å². The van der Waals surface area contributed by atoms with Gasteiger partial charge in [-0.3, -0.25) is 0 Å². The van der Waals surface area contributed by atoms with Crippen LogP contribution >= 0.6 is 11.3 Å². The first-order valence-electron chi connectivity index (χ1n) is 13.2. The van der Waals surface area contributed by atoms with Crippen molar-refractivity contribution in [1.82, 2.24) is 0 Å². The van der Waals surface area contributed by atoms with E-state index in [1.807, 2.05) is 47.7 Å². The van der Waals surface area contributed by atoms with Crippen molar-refractivity contribution in [2.75, 3.05) is 0 Å². The van der Waals surface area contributed by atoms with Gasteiger partial charge in [0.05, 0.1) is 11.6 Å². The number of para-hydroxylation sites is 2. The molecule has 186 valence electrons. The first-order chi connectivity index (χ1) is 19.8. The molecule has 0 bridgehead atoms. The van der Waals surface area contributed by atoms with Crippen LogP contribution in [0.5, 0.6) is 0 Å². The lowest BCUT2D eigenvalue weighted by Gasteiger charge is -2.14. The Morgan fingerprint density at radius 2 is 1.25 bits per heavy atom. The highest BCUT2D eigenvalue weighted by molar-refractivity contribution is 7.25. The summed E-state index contributed by atoms with van der Waals surface area (Å²) in [5.74, 6) is 0. The van der Waals surface area contributed by atoms with Gasteiger partial charge in [-0.15, -0.1) is 11.3 Å². The molecule has 40 heavy (non-hydrogen) atoms. The summed E-state index contributed by atoms with van der Waals surface area (Å²) in [6.45, 7) is 0. The highest BCUT2D eigenvalue weighted by Gasteiger charge is 2.18. The number of benzene rings is 6. The molecule has 6 aromatic carbocycles. The molecule has 8 aromatic rings. The van der Waals surface area contributed by atoms with Crippen molar-refractivity contribution < 1.29 is 4.42 Å². The molecule has 8 rings (SSSR count). The van der Waals surface area contributed by atoms with Crippen LogP contribution in [-0.2, 0) is 0 Å². The zero-order valence-electron chi connectivity index (χ0n) is 21.4. The number of rotatable bonds is 3. The number of hydrogen-bond donors (Lipinski definition) is 0. The highest BCUT2D eigenvalue weighted by atomic mass is 32.1. The van der Waals surface area contributed by atoms with Gasteiger partial charge in [-0.05, 0) is 64.2 Å². The fourth-order valence-electron chi connectivity index (χ4n) is 5.92. The summed E-state index contributed by atoms with van der Waals surface area (Å²) >= 11 is 1.83. The van der Waals surface area contributed by atoms with Crippen molar-refractivity contribution in [2.45, 2.75) is 0 Å². The monoisotopic (exact) mass is 527 g/mol. The summed E-state index contributed by atoms with van der Waals surface area (Å²) in [5, 5.41) is 14.5. The molecular formula is C37H21NOS. The van der Waals surface area contributed by atoms with Gasteiger partial charge in [-0.2, -0.15) is 5.26 Å². The molecule has 2 heterocycles. The molecule has 0 unspecified atom stereocenters. The summed E-state index contributed by atoms with van der Waals surface area (Å²) in [6, 6.07) is 46.6. The lowest BCUT2D eigenvalue weighted by Crippen LogP contribution is -1.89. The van der Waals surface area contributed by atoms with Crippen molar-refractivity contribution in [3.63, 3.8) is 0 Å². The van der Waals surface area contributed by atoms with Gasteiger partial charge in [-0.25, -0.2) is 0 Å². The Hall–Kier alpha value is -5.17. The van der Waals surface area contributed by atoms with Crippen LogP contribution in [-0.4, -0.2) is 0 Å². The maximum Gasteiger partial charge on any atom is 0.143 e. The van der Waals surface area contributed by atoms with Crippen LogP contribution in [0.25, 0.3) is 75.5 Å². The number of nitriles is 1. The summed E-state index contributed by atoms with van der Waals surface area (Å²) in [6.07, 6.45) is 0. The van der Waals surface area contributed by atoms with Crippen LogP contribution < -0.4 is 0 Å². The number of hydrogen-bond acceptors (Lipinski definition) is 3. The standard InChI is InChI=1S/C37H21NOS/c38-22-23-8-5-9-24(20-23)32-21-25(26-12-7-17-35-36(26)31-11-2-4-16-34(31)40-35)18-19-27(32)29-13-6-14-30-28-10-1-3-15-33(28)39-37(29)30/h1-21H. The third-order valence-corrected chi connectivity index (χ3v) is 8.87. The third kappa shape index (κ3) is 3.48. The van der Waals surface area contributed by atoms with Crippen LogP contribution in [0, 0.1) is 11.3 Å². The minimum absolute atomic E-state index is 0.640. The maximum absolute atomic E-state index is 9.68. The van der Waals surface area contributed by atoms with E-state index in [-0.39, 0.29) is 0 Å². The molecule has 0 aliphatic heterocycles. The molecule has 0 saturated heterocycles. The fraction of sp³-hybridized carbons (Fsp3) is 0. The molecule has 2 aromatic heterocycles. The Bertz CT molecular complexity index is 2300. The number of thiophene rings is 1. The Morgan fingerprint density at radius 1 is 0.525 bits per heavy atom. The average Bonchev–Trinajstić information content (AvgIpc) is 3.59. The van der Waals surface area contributed by atoms with Gasteiger partial charge in [0.15, 0.2) is 0 Å². The molecular weight excluding hydrogens is 506 g/mol. The minimum atomic E-state index is 0.640. The van der Waals surface area contributed by atoms with E-state index < -0.39 is 0 Å². The summed E-state index contributed by atoms with van der Waals surface area (Å²) < 4.78 is 9.01. The van der Waals surface area contributed by atoms with Crippen LogP contribution in [0.1, 0.15) is 5.56 Å². The van der Waals surface area contributed by atoms with E-state index in [4.69, 9.17) is 4.42 Å². The Balaban J connectivity index is 1.42. The van der Waals surface area contributed by atoms with Crippen molar-refractivity contribution in [1.29, 1.82) is 5.26 Å². The van der Waals surface area contributed by atoms with Gasteiger partial charge >= 0.3 is 0 Å². The second kappa shape index (κ2) is 8.95. The zero-order chi connectivity index (χ0) is 26.6. The van der Waals surface area contributed by atoms with Crippen molar-refractivity contribution in [3.8, 4) is 39.4 Å². The summed E-state index contributed by atoms with van der Waals surface area (Å²) in [7, 11) is 0. The van der Waals surface area contributed by atoms with Crippen LogP contribution in [0.3, 0.4) is 0 Å². The quantitative estimate of drug-likeness (QED) is 0.229. The molecule has 2 nitrogen and oxygen atoms in total. The summed E-state index contributed by atoms with van der Waals surface area (Å²) in [5.41, 5.74) is 8.94. The molecule has 0 atom stereocenters. The van der Waals surface area contributed by atoms with Gasteiger partial charge in [0.25, 0.3) is 0 Å². The van der Waals surface area contributed by atoms with Gasteiger partial charge in [0.2, 0.25) is 0 Å². The van der Waals surface area contributed by atoms with Crippen LogP contribution in [0.2, 0.25) is 0 Å². The van der Waals surface area contributed by atoms with Crippen molar-refractivity contribution in [3.05, 3.63) is 133 Å². The predicted octanol–water partition coefficient (Wildman–Crippen LogP) is 10.8. The Morgan fingerprint density at radius 3 is 2.17 bits per heavy atom. The van der Waals surface area contributed by atoms with E-state index in [1.54, 1.807) is 0 Å².